The summed E-state index contributed by atoms with van der Waals surface area (Å²) < 4.78 is 6.10. The molecular formula is C18H27N3O2S2. The molecule has 0 radical (unpaired) electrons. The lowest BCUT2D eigenvalue weighted by atomic mass is 9.90. The molecule has 0 saturated heterocycles. The number of aliphatic hydroxyl groups is 1. The van der Waals surface area contributed by atoms with Crippen LogP contribution in [0.1, 0.15) is 50.5 Å². The summed E-state index contributed by atoms with van der Waals surface area (Å²) >= 11 is 3.43. The standard InChI is InChI=1S/C18H27N3O2S2/c1-4-6-9-24-17-20-15(19-7-8-22)14-12-10-18(3,5-2)23-11-13(12)25-16(14)21-17/h22H,4-11H2,1-3H3,(H,19,20,21)/t18-/m1/s1. The second-order valence-electron chi connectivity index (χ2n) is 6.66. The fourth-order valence-electron chi connectivity index (χ4n) is 2.95. The van der Waals surface area contributed by atoms with Crippen molar-refractivity contribution >= 4 is 39.1 Å². The average Bonchev–Trinajstić information content (AvgIpc) is 2.97. The number of anilines is 1. The number of unbranched alkanes of at least 4 members (excludes halogenated alkanes) is 1. The second-order valence-corrected chi connectivity index (χ2v) is 8.81. The van der Waals surface area contributed by atoms with Gasteiger partial charge in [0.05, 0.1) is 24.2 Å². The Morgan fingerprint density at radius 2 is 2.20 bits per heavy atom. The summed E-state index contributed by atoms with van der Waals surface area (Å²) in [6.45, 7) is 7.78. The Balaban J connectivity index is 2.01. The Labute approximate surface area is 157 Å². The third-order valence-electron chi connectivity index (χ3n) is 4.70. The van der Waals surface area contributed by atoms with Gasteiger partial charge in [-0.25, -0.2) is 9.97 Å². The van der Waals surface area contributed by atoms with Crippen molar-refractivity contribution in [3.05, 3.63) is 10.4 Å². The fraction of sp³-hybridized carbons (Fsp3) is 0.667. The molecule has 0 bridgehead atoms. The molecule has 5 nitrogen and oxygen atoms in total. The van der Waals surface area contributed by atoms with E-state index in [-0.39, 0.29) is 12.2 Å². The number of nitrogens with zero attached hydrogens (tertiary/aromatic N) is 2. The topological polar surface area (TPSA) is 67.3 Å². The summed E-state index contributed by atoms with van der Waals surface area (Å²) in [6.07, 6.45) is 4.20. The maximum absolute atomic E-state index is 9.22. The number of ether oxygens (including phenoxy) is 1. The zero-order valence-electron chi connectivity index (χ0n) is 15.2. The van der Waals surface area contributed by atoms with Crippen LogP contribution in [0.25, 0.3) is 10.2 Å². The molecule has 0 aromatic carbocycles. The SMILES string of the molecule is CCCCSc1nc(NCCO)c2c3c(sc2n1)CO[C@](C)(CC)C3. The smallest absolute Gasteiger partial charge is 0.190 e. The number of thioether (sulfide) groups is 1. The summed E-state index contributed by atoms with van der Waals surface area (Å²) in [7, 11) is 0. The van der Waals surface area contributed by atoms with Crippen molar-refractivity contribution in [2.75, 3.05) is 24.2 Å². The largest absolute Gasteiger partial charge is 0.395 e. The molecule has 0 spiro atoms. The number of thiophene rings is 1. The van der Waals surface area contributed by atoms with E-state index in [1.807, 2.05) is 0 Å². The molecule has 0 unspecified atom stereocenters. The van der Waals surface area contributed by atoms with Crippen molar-refractivity contribution in [1.82, 2.24) is 9.97 Å². The van der Waals surface area contributed by atoms with Gasteiger partial charge in [-0.1, -0.05) is 32.0 Å². The van der Waals surface area contributed by atoms with E-state index in [1.165, 1.54) is 16.9 Å². The van der Waals surface area contributed by atoms with Crippen LogP contribution in [-0.2, 0) is 17.8 Å². The van der Waals surface area contributed by atoms with E-state index in [2.05, 4.69) is 26.1 Å². The van der Waals surface area contributed by atoms with Crippen LogP contribution in [0.2, 0.25) is 0 Å². The van der Waals surface area contributed by atoms with Crippen molar-refractivity contribution in [2.24, 2.45) is 0 Å². The van der Waals surface area contributed by atoms with Crippen molar-refractivity contribution in [2.45, 2.75) is 63.8 Å². The first-order valence-electron chi connectivity index (χ1n) is 9.04. The molecule has 1 aliphatic heterocycles. The minimum atomic E-state index is -0.121. The summed E-state index contributed by atoms with van der Waals surface area (Å²) in [5, 5.41) is 14.5. The highest BCUT2D eigenvalue weighted by Gasteiger charge is 2.33. The van der Waals surface area contributed by atoms with E-state index in [0.29, 0.717) is 13.2 Å². The molecule has 3 heterocycles. The molecule has 25 heavy (non-hydrogen) atoms. The predicted molar refractivity (Wildman–Crippen MR) is 106 cm³/mol. The van der Waals surface area contributed by atoms with Crippen LogP contribution in [0.3, 0.4) is 0 Å². The van der Waals surface area contributed by atoms with Crippen molar-refractivity contribution in [3.63, 3.8) is 0 Å². The van der Waals surface area contributed by atoms with E-state index in [0.717, 1.165) is 46.2 Å². The van der Waals surface area contributed by atoms with Gasteiger partial charge in [0, 0.05) is 23.6 Å². The Morgan fingerprint density at radius 1 is 1.36 bits per heavy atom. The van der Waals surface area contributed by atoms with E-state index in [9.17, 15) is 5.11 Å². The van der Waals surface area contributed by atoms with Gasteiger partial charge in [-0.15, -0.1) is 11.3 Å². The third-order valence-corrected chi connectivity index (χ3v) is 6.73. The molecule has 138 valence electrons. The molecule has 0 aliphatic carbocycles. The van der Waals surface area contributed by atoms with Gasteiger partial charge in [-0.3, -0.25) is 0 Å². The summed E-state index contributed by atoms with van der Waals surface area (Å²) in [5.41, 5.74) is 1.20. The summed E-state index contributed by atoms with van der Waals surface area (Å²) in [4.78, 5) is 11.9. The van der Waals surface area contributed by atoms with Crippen LogP contribution < -0.4 is 5.32 Å². The second kappa shape index (κ2) is 8.20. The monoisotopic (exact) mass is 381 g/mol. The highest BCUT2D eigenvalue weighted by Crippen LogP contribution is 2.42. The highest BCUT2D eigenvalue weighted by molar-refractivity contribution is 7.99. The molecule has 3 rings (SSSR count). The summed E-state index contributed by atoms with van der Waals surface area (Å²) in [6, 6.07) is 0. The number of fused-ring (bicyclic) bond motifs is 3. The number of hydrogen-bond donors (Lipinski definition) is 2. The van der Waals surface area contributed by atoms with Crippen LogP contribution in [-0.4, -0.2) is 39.6 Å². The van der Waals surface area contributed by atoms with Crippen LogP contribution in [0.4, 0.5) is 5.82 Å². The molecular weight excluding hydrogens is 354 g/mol. The summed E-state index contributed by atoms with van der Waals surface area (Å²) in [5.74, 6) is 1.89. The van der Waals surface area contributed by atoms with Gasteiger partial charge in [0.2, 0.25) is 0 Å². The quantitative estimate of drug-likeness (QED) is 0.405. The first kappa shape index (κ1) is 18.9. The van der Waals surface area contributed by atoms with Crippen molar-refractivity contribution in [3.8, 4) is 0 Å². The van der Waals surface area contributed by atoms with Gasteiger partial charge >= 0.3 is 0 Å². The molecule has 0 saturated carbocycles. The predicted octanol–water partition coefficient (Wildman–Crippen LogP) is 4.23. The van der Waals surface area contributed by atoms with E-state index >= 15 is 0 Å². The van der Waals surface area contributed by atoms with Gasteiger partial charge in [0.1, 0.15) is 10.6 Å². The van der Waals surface area contributed by atoms with Gasteiger partial charge in [-0.05, 0) is 25.3 Å². The van der Waals surface area contributed by atoms with E-state index in [4.69, 9.17) is 14.7 Å². The van der Waals surface area contributed by atoms with Crippen molar-refractivity contribution in [1.29, 1.82) is 0 Å². The van der Waals surface area contributed by atoms with E-state index < -0.39 is 0 Å². The van der Waals surface area contributed by atoms with Crippen LogP contribution in [0.15, 0.2) is 5.16 Å². The molecule has 2 N–H and O–H groups in total. The first-order valence-corrected chi connectivity index (χ1v) is 10.8. The lowest BCUT2D eigenvalue weighted by molar-refractivity contribution is -0.0542. The van der Waals surface area contributed by atoms with E-state index in [1.54, 1.807) is 23.1 Å². The zero-order chi connectivity index (χ0) is 17.9. The first-order chi connectivity index (χ1) is 12.1. The number of nitrogens with one attached hydrogen (secondary N) is 1. The van der Waals surface area contributed by atoms with Crippen LogP contribution >= 0.6 is 23.1 Å². The fourth-order valence-corrected chi connectivity index (χ4v) is 5.04. The molecule has 2 aromatic rings. The van der Waals surface area contributed by atoms with Gasteiger partial charge in [-0.2, -0.15) is 0 Å². The number of hydrogen-bond acceptors (Lipinski definition) is 7. The highest BCUT2D eigenvalue weighted by atomic mass is 32.2. The van der Waals surface area contributed by atoms with Gasteiger partial charge in [0.15, 0.2) is 5.16 Å². The third kappa shape index (κ3) is 4.10. The molecule has 7 heteroatoms. The maximum atomic E-state index is 9.22. The lowest BCUT2D eigenvalue weighted by Gasteiger charge is -2.33. The minimum absolute atomic E-state index is 0.0892. The average molecular weight is 382 g/mol. The van der Waals surface area contributed by atoms with Gasteiger partial charge in [0.25, 0.3) is 0 Å². The Morgan fingerprint density at radius 3 is 2.92 bits per heavy atom. The molecule has 1 atom stereocenters. The molecule has 1 aliphatic rings. The normalized spacial score (nSPS) is 20.0. The lowest BCUT2D eigenvalue weighted by Crippen LogP contribution is -2.34. The molecule has 0 fully saturated rings. The van der Waals surface area contributed by atoms with Crippen LogP contribution in [0.5, 0.6) is 0 Å². The molecule has 0 amide bonds. The minimum Gasteiger partial charge on any atom is -0.395 e. The van der Waals surface area contributed by atoms with Crippen LogP contribution in [0, 0.1) is 0 Å². The van der Waals surface area contributed by atoms with Crippen molar-refractivity contribution < 1.29 is 9.84 Å². The Bertz CT molecular complexity index is 735. The number of aromatic nitrogens is 2. The maximum Gasteiger partial charge on any atom is 0.190 e. The Hall–Kier alpha value is -0.890. The number of aliphatic hydroxyl groups excluding tert-OH is 1. The Kier molecular flexibility index (Phi) is 6.20. The van der Waals surface area contributed by atoms with Gasteiger partial charge < -0.3 is 15.2 Å². The zero-order valence-corrected chi connectivity index (χ0v) is 16.9. The molecule has 2 aromatic heterocycles. The number of rotatable bonds is 8.